The van der Waals surface area contributed by atoms with Gasteiger partial charge in [-0.1, -0.05) is 27.7 Å². The van der Waals surface area contributed by atoms with Crippen molar-refractivity contribution in [2.75, 3.05) is 12.0 Å². The third-order valence-corrected chi connectivity index (χ3v) is 1.80. The van der Waals surface area contributed by atoms with Crippen LogP contribution in [-0.2, 0) is 4.79 Å². The van der Waals surface area contributed by atoms with Gasteiger partial charge in [-0.2, -0.15) is 11.8 Å². The molecule has 0 saturated carbocycles. The maximum absolute atomic E-state index is 10.5. The van der Waals surface area contributed by atoms with Crippen LogP contribution in [0.3, 0.4) is 0 Å². The number of rotatable bonds is 4. The van der Waals surface area contributed by atoms with Crippen molar-refractivity contribution in [2.24, 2.45) is 5.73 Å². The summed E-state index contributed by atoms with van der Waals surface area (Å²) in [5, 5.41) is 0. The van der Waals surface area contributed by atoms with Gasteiger partial charge in [0.05, 0.1) is 6.04 Å². The fraction of sp³-hybridized carbons (Fsp3) is 0.900. The van der Waals surface area contributed by atoms with Crippen molar-refractivity contribution in [1.29, 1.82) is 0 Å². The van der Waals surface area contributed by atoms with E-state index in [4.69, 9.17) is 5.73 Å². The lowest BCUT2D eigenvalue weighted by atomic mass is 10.2. The average Bonchev–Trinajstić information content (AvgIpc) is 2.20. The molecule has 0 heterocycles. The van der Waals surface area contributed by atoms with Gasteiger partial charge in [-0.3, -0.25) is 4.79 Å². The summed E-state index contributed by atoms with van der Waals surface area (Å²) in [6.45, 7) is 9.53. The second kappa shape index (κ2) is 17.9. The molecular formula is C10H25NOS. The number of Topliss-reactive ketones (excluding diaryl/α,β-unsaturated/α-hetero) is 1. The molecule has 0 amide bonds. The molecule has 0 spiro atoms. The SMILES string of the molecule is CC.CC.CSCCC(N)C(C)=O. The van der Waals surface area contributed by atoms with Gasteiger partial charge in [0.25, 0.3) is 0 Å². The van der Waals surface area contributed by atoms with Gasteiger partial charge in [-0.25, -0.2) is 0 Å². The number of carbonyl (C=O) groups is 1. The van der Waals surface area contributed by atoms with E-state index in [1.54, 1.807) is 11.8 Å². The summed E-state index contributed by atoms with van der Waals surface area (Å²) in [5.41, 5.74) is 5.44. The highest BCUT2D eigenvalue weighted by Crippen LogP contribution is 1.98. The number of thioether (sulfide) groups is 1. The van der Waals surface area contributed by atoms with Crippen LogP contribution in [-0.4, -0.2) is 23.8 Å². The molecule has 0 aliphatic rings. The van der Waals surface area contributed by atoms with Crippen LogP contribution in [0.2, 0.25) is 0 Å². The van der Waals surface area contributed by atoms with E-state index in [0.717, 1.165) is 12.2 Å². The summed E-state index contributed by atoms with van der Waals surface area (Å²) in [4.78, 5) is 10.5. The summed E-state index contributed by atoms with van der Waals surface area (Å²) in [6.07, 6.45) is 2.81. The van der Waals surface area contributed by atoms with Crippen molar-refractivity contribution in [3.05, 3.63) is 0 Å². The smallest absolute Gasteiger partial charge is 0.146 e. The van der Waals surface area contributed by atoms with Gasteiger partial charge >= 0.3 is 0 Å². The predicted molar refractivity (Wildman–Crippen MR) is 64.4 cm³/mol. The third kappa shape index (κ3) is 18.7. The monoisotopic (exact) mass is 207 g/mol. The highest BCUT2D eigenvalue weighted by molar-refractivity contribution is 7.98. The van der Waals surface area contributed by atoms with E-state index >= 15 is 0 Å². The molecule has 2 N–H and O–H groups in total. The van der Waals surface area contributed by atoms with Crippen molar-refractivity contribution in [3.8, 4) is 0 Å². The molecular weight excluding hydrogens is 182 g/mol. The van der Waals surface area contributed by atoms with E-state index in [9.17, 15) is 4.79 Å². The molecule has 13 heavy (non-hydrogen) atoms. The van der Waals surface area contributed by atoms with Crippen LogP contribution in [0.25, 0.3) is 0 Å². The fourth-order valence-corrected chi connectivity index (χ4v) is 0.938. The standard InChI is InChI=1S/C6H13NOS.2C2H6/c1-5(8)6(7)3-4-9-2;2*1-2/h6H,3-4,7H2,1-2H3;2*1-2H3. The first-order valence-electron chi connectivity index (χ1n) is 4.93. The van der Waals surface area contributed by atoms with E-state index < -0.39 is 0 Å². The minimum Gasteiger partial charge on any atom is -0.321 e. The maximum Gasteiger partial charge on any atom is 0.146 e. The van der Waals surface area contributed by atoms with Gasteiger partial charge in [-0.15, -0.1) is 0 Å². The zero-order valence-corrected chi connectivity index (χ0v) is 10.7. The van der Waals surface area contributed by atoms with Gasteiger partial charge in [0.15, 0.2) is 0 Å². The molecule has 0 aromatic rings. The van der Waals surface area contributed by atoms with Crippen LogP contribution >= 0.6 is 11.8 Å². The van der Waals surface area contributed by atoms with Crippen LogP contribution in [0.15, 0.2) is 0 Å². The van der Waals surface area contributed by atoms with Gasteiger partial charge < -0.3 is 5.73 Å². The van der Waals surface area contributed by atoms with Crippen LogP contribution in [0.5, 0.6) is 0 Å². The summed E-state index contributed by atoms with van der Waals surface area (Å²) >= 11 is 1.72. The van der Waals surface area contributed by atoms with Crippen molar-refractivity contribution in [1.82, 2.24) is 0 Å². The van der Waals surface area contributed by atoms with Crippen LogP contribution in [0.4, 0.5) is 0 Å². The van der Waals surface area contributed by atoms with Gasteiger partial charge in [0, 0.05) is 0 Å². The average molecular weight is 207 g/mol. The highest BCUT2D eigenvalue weighted by atomic mass is 32.2. The van der Waals surface area contributed by atoms with Crippen LogP contribution in [0, 0.1) is 0 Å². The van der Waals surface area contributed by atoms with Gasteiger partial charge in [-0.05, 0) is 25.4 Å². The lowest BCUT2D eigenvalue weighted by Crippen LogP contribution is -2.28. The van der Waals surface area contributed by atoms with E-state index in [1.807, 2.05) is 34.0 Å². The summed E-state index contributed by atoms with van der Waals surface area (Å²) < 4.78 is 0. The highest BCUT2D eigenvalue weighted by Gasteiger charge is 2.05. The van der Waals surface area contributed by atoms with Gasteiger partial charge in [0.2, 0.25) is 0 Å². The van der Waals surface area contributed by atoms with E-state index in [2.05, 4.69) is 0 Å². The lowest BCUT2D eigenvalue weighted by Gasteiger charge is -2.03. The number of hydrogen-bond acceptors (Lipinski definition) is 3. The molecule has 0 fully saturated rings. The number of ketones is 1. The molecule has 2 nitrogen and oxygen atoms in total. The Morgan fingerprint density at radius 1 is 1.31 bits per heavy atom. The summed E-state index contributed by atoms with van der Waals surface area (Å²) in [5.74, 6) is 1.06. The Morgan fingerprint density at radius 2 is 1.69 bits per heavy atom. The Labute approximate surface area is 87.7 Å². The second-order valence-corrected chi connectivity index (χ2v) is 2.98. The maximum atomic E-state index is 10.5. The largest absolute Gasteiger partial charge is 0.321 e. The minimum absolute atomic E-state index is 0.0871. The molecule has 0 radical (unpaired) electrons. The molecule has 1 unspecified atom stereocenters. The lowest BCUT2D eigenvalue weighted by molar-refractivity contribution is -0.118. The van der Waals surface area contributed by atoms with E-state index in [1.165, 1.54) is 6.92 Å². The van der Waals surface area contributed by atoms with E-state index in [-0.39, 0.29) is 11.8 Å². The molecule has 0 rings (SSSR count). The summed E-state index contributed by atoms with van der Waals surface area (Å²) in [7, 11) is 0. The normalized spacial score (nSPS) is 10.1. The summed E-state index contributed by atoms with van der Waals surface area (Å²) in [6, 6.07) is -0.238. The number of nitrogens with two attached hydrogens (primary N) is 1. The molecule has 82 valence electrons. The van der Waals surface area contributed by atoms with Crippen LogP contribution in [0.1, 0.15) is 41.0 Å². The first kappa shape index (κ1) is 18.7. The Bertz CT molecular complexity index is 96.9. The zero-order valence-electron chi connectivity index (χ0n) is 9.89. The third-order valence-electron chi connectivity index (χ3n) is 1.16. The van der Waals surface area contributed by atoms with Crippen LogP contribution < -0.4 is 5.73 Å². The Hall–Kier alpha value is -0.0200. The number of carbonyl (C=O) groups excluding carboxylic acids is 1. The number of hydrogen-bond donors (Lipinski definition) is 1. The first-order valence-corrected chi connectivity index (χ1v) is 6.33. The molecule has 0 aromatic heterocycles. The Morgan fingerprint density at radius 3 is 1.92 bits per heavy atom. The van der Waals surface area contributed by atoms with Crippen molar-refractivity contribution < 1.29 is 4.79 Å². The molecule has 0 saturated heterocycles. The Balaban J connectivity index is -0.000000218. The molecule has 0 aliphatic heterocycles. The topological polar surface area (TPSA) is 43.1 Å². The zero-order chi connectivity index (χ0) is 11.3. The molecule has 3 heteroatoms. The first-order chi connectivity index (χ1) is 6.18. The molecule has 0 bridgehead atoms. The predicted octanol–water partition coefficient (Wildman–Crippen LogP) is 2.71. The molecule has 0 aliphatic carbocycles. The van der Waals surface area contributed by atoms with Crippen molar-refractivity contribution >= 4 is 17.5 Å². The van der Waals surface area contributed by atoms with Gasteiger partial charge in [0.1, 0.15) is 5.78 Å². The fourth-order valence-electron chi connectivity index (χ4n) is 0.448. The van der Waals surface area contributed by atoms with Crippen molar-refractivity contribution in [3.63, 3.8) is 0 Å². The van der Waals surface area contributed by atoms with E-state index in [0.29, 0.717) is 0 Å². The van der Waals surface area contributed by atoms with Crippen molar-refractivity contribution in [2.45, 2.75) is 47.1 Å². The second-order valence-electron chi connectivity index (χ2n) is 2.00. The molecule has 0 aromatic carbocycles. The molecule has 1 atom stereocenters. The quantitative estimate of drug-likeness (QED) is 0.771. The minimum atomic E-state index is -0.238. The Kier molecular flexibility index (Phi) is 25.8.